The molecule has 0 unspecified atom stereocenters. The number of hydrogen-bond acceptors (Lipinski definition) is 5. The second-order valence-corrected chi connectivity index (χ2v) is 6.21. The van der Waals surface area contributed by atoms with Crippen LogP contribution >= 0.6 is 0 Å². The van der Waals surface area contributed by atoms with Gasteiger partial charge in [0.2, 0.25) is 10.0 Å². The van der Waals surface area contributed by atoms with Crippen LogP contribution in [0.3, 0.4) is 0 Å². The van der Waals surface area contributed by atoms with E-state index in [4.69, 9.17) is 15.6 Å². The molecule has 0 aromatic heterocycles. The molecule has 1 heterocycles. The van der Waals surface area contributed by atoms with Gasteiger partial charge in [-0.15, -0.1) is 0 Å². The van der Waals surface area contributed by atoms with Crippen molar-refractivity contribution in [3.8, 4) is 5.75 Å². The Labute approximate surface area is 106 Å². The minimum Gasteiger partial charge on any atom is -0.495 e. The van der Waals surface area contributed by atoms with Gasteiger partial charge in [0.1, 0.15) is 5.75 Å². The van der Waals surface area contributed by atoms with Crippen LogP contribution in [-0.4, -0.2) is 44.6 Å². The highest BCUT2D eigenvalue weighted by Crippen LogP contribution is 2.29. The lowest BCUT2D eigenvalue weighted by Gasteiger charge is -2.36. The Kier molecular flexibility index (Phi) is 3.47. The number of anilines is 1. The number of nitrogen functional groups attached to an aromatic ring is 1. The number of sulfonamides is 1. The standard InChI is InChI=1S/C11H16N2O4S/c1-17-11-4-9(2-3-10(11)12)18(15,16)13-5-8(6-13)7-14/h2-4,8,14H,5-7,12H2,1H3. The Morgan fingerprint density at radius 1 is 1.50 bits per heavy atom. The smallest absolute Gasteiger partial charge is 0.243 e. The Balaban J connectivity index is 2.26. The van der Waals surface area contributed by atoms with E-state index in [0.717, 1.165) is 0 Å². The lowest BCUT2D eigenvalue weighted by Crippen LogP contribution is -2.51. The first-order chi connectivity index (χ1) is 8.48. The van der Waals surface area contributed by atoms with Crippen LogP contribution in [0.4, 0.5) is 5.69 Å². The Morgan fingerprint density at radius 3 is 2.72 bits per heavy atom. The molecule has 1 aromatic rings. The molecular formula is C11H16N2O4S. The summed E-state index contributed by atoms with van der Waals surface area (Å²) < 4.78 is 30.7. The Hall–Kier alpha value is -1.31. The van der Waals surface area contributed by atoms with Gasteiger partial charge in [0, 0.05) is 31.7 Å². The summed E-state index contributed by atoms with van der Waals surface area (Å²) in [6.45, 7) is 0.716. The average Bonchev–Trinajstić information content (AvgIpc) is 2.27. The molecule has 1 aliphatic heterocycles. The topological polar surface area (TPSA) is 92.9 Å². The van der Waals surface area contributed by atoms with Crippen LogP contribution in [0.15, 0.2) is 23.1 Å². The van der Waals surface area contributed by atoms with E-state index in [1.165, 1.54) is 29.6 Å². The molecular weight excluding hydrogens is 256 g/mol. The van der Waals surface area contributed by atoms with E-state index < -0.39 is 10.0 Å². The summed E-state index contributed by atoms with van der Waals surface area (Å²) in [5, 5.41) is 8.90. The molecule has 0 bridgehead atoms. The fraction of sp³-hybridized carbons (Fsp3) is 0.455. The van der Waals surface area contributed by atoms with Gasteiger partial charge in [0.05, 0.1) is 17.7 Å². The summed E-state index contributed by atoms with van der Waals surface area (Å²) in [6, 6.07) is 4.38. The molecule has 0 aliphatic carbocycles. The summed E-state index contributed by atoms with van der Waals surface area (Å²) in [6.07, 6.45) is 0. The third-order valence-electron chi connectivity index (χ3n) is 3.02. The second kappa shape index (κ2) is 4.75. The average molecular weight is 272 g/mol. The van der Waals surface area contributed by atoms with Crippen molar-refractivity contribution in [3.05, 3.63) is 18.2 Å². The minimum atomic E-state index is -3.51. The first-order valence-electron chi connectivity index (χ1n) is 5.53. The first kappa shape index (κ1) is 13.1. The summed E-state index contributed by atoms with van der Waals surface area (Å²) in [5.74, 6) is 0.380. The molecule has 100 valence electrons. The zero-order valence-corrected chi connectivity index (χ0v) is 10.9. The number of benzene rings is 1. The highest BCUT2D eigenvalue weighted by molar-refractivity contribution is 7.89. The molecule has 18 heavy (non-hydrogen) atoms. The van der Waals surface area contributed by atoms with Gasteiger partial charge < -0.3 is 15.6 Å². The maximum atomic E-state index is 12.2. The van der Waals surface area contributed by atoms with Gasteiger partial charge in [-0.25, -0.2) is 8.42 Å². The third kappa shape index (κ3) is 2.16. The number of nitrogens with zero attached hydrogens (tertiary/aromatic N) is 1. The van der Waals surface area contributed by atoms with Crippen molar-refractivity contribution >= 4 is 15.7 Å². The van der Waals surface area contributed by atoms with Gasteiger partial charge in [-0.2, -0.15) is 4.31 Å². The molecule has 7 heteroatoms. The van der Waals surface area contributed by atoms with Crippen molar-refractivity contribution in [1.29, 1.82) is 0 Å². The van der Waals surface area contributed by atoms with Crippen LogP contribution in [0.2, 0.25) is 0 Å². The lowest BCUT2D eigenvalue weighted by atomic mass is 10.1. The predicted molar refractivity (Wildman–Crippen MR) is 66.7 cm³/mol. The first-order valence-corrected chi connectivity index (χ1v) is 6.97. The monoisotopic (exact) mass is 272 g/mol. The highest BCUT2D eigenvalue weighted by atomic mass is 32.2. The van der Waals surface area contributed by atoms with Gasteiger partial charge in [-0.3, -0.25) is 0 Å². The van der Waals surface area contributed by atoms with Crippen LogP contribution in [0.1, 0.15) is 0 Å². The molecule has 0 amide bonds. The molecule has 0 spiro atoms. The Bertz CT molecular complexity index is 538. The van der Waals surface area contributed by atoms with Crippen LogP contribution in [0, 0.1) is 5.92 Å². The number of ether oxygens (including phenoxy) is 1. The quantitative estimate of drug-likeness (QED) is 0.746. The minimum absolute atomic E-state index is 0.0110. The van der Waals surface area contributed by atoms with Gasteiger partial charge >= 0.3 is 0 Å². The number of nitrogens with two attached hydrogens (primary N) is 1. The van der Waals surface area contributed by atoms with Gasteiger partial charge in [-0.05, 0) is 12.1 Å². The molecule has 0 radical (unpaired) electrons. The number of rotatable bonds is 4. The molecule has 0 atom stereocenters. The highest BCUT2D eigenvalue weighted by Gasteiger charge is 2.36. The van der Waals surface area contributed by atoms with Gasteiger partial charge in [0.25, 0.3) is 0 Å². The number of aliphatic hydroxyl groups is 1. The summed E-state index contributed by atoms with van der Waals surface area (Å²) in [7, 11) is -2.07. The van der Waals surface area contributed by atoms with E-state index in [0.29, 0.717) is 24.5 Å². The normalized spacial score (nSPS) is 17.4. The number of aliphatic hydroxyl groups excluding tert-OH is 1. The summed E-state index contributed by atoms with van der Waals surface area (Å²) in [5.41, 5.74) is 6.04. The van der Waals surface area contributed by atoms with Gasteiger partial charge in [-0.1, -0.05) is 0 Å². The molecule has 1 fully saturated rings. The molecule has 3 N–H and O–H groups in total. The van der Waals surface area contributed by atoms with Crippen molar-refractivity contribution in [3.63, 3.8) is 0 Å². The van der Waals surface area contributed by atoms with E-state index in [2.05, 4.69) is 0 Å². The fourth-order valence-electron chi connectivity index (χ4n) is 1.84. The van der Waals surface area contributed by atoms with Crippen LogP contribution in [0.25, 0.3) is 0 Å². The molecule has 6 nitrogen and oxygen atoms in total. The summed E-state index contributed by atoms with van der Waals surface area (Å²) in [4.78, 5) is 0.157. The van der Waals surface area contributed by atoms with Crippen molar-refractivity contribution in [2.24, 2.45) is 5.92 Å². The van der Waals surface area contributed by atoms with Crippen molar-refractivity contribution < 1.29 is 18.3 Å². The fourth-order valence-corrected chi connectivity index (χ4v) is 3.44. The van der Waals surface area contributed by atoms with E-state index in [1.807, 2.05) is 0 Å². The SMILES string of the molecule is COc1cc(S(=O)(=O)N2CC(CO)C2)ccc1N. The molecule has 1 saturated heterocycles. The van der Waals surface area contributed by atoms with Crippen LogP contribution in [0.5, 0.6) is 5.75 Å². The predicted octanol–water partition coefficient (Wildman–Crippen LogP) is -0.110. The van der Waals surface area contributed by atoms with E-state index in [9.17, 15) is 8.42 Å². The maximum absolute atomic E-state index is 12.2. The van der Waals surface area contributed by atoms with Gasteiger partial charge in [0.15, 0.2) is 0 Å². The zero-order valence-electron chi connectivity index (χ0n) is 10.0. The van der Waals surface area contributed by atoms with Crippen molar-refractivity contribution in [2.45, 2.75) is 4.90 Å². The number of methoxy groups -OCH3 is 1. The van der Waals surface area contributed by atoms with Crippen molar-refractivity contribution in [2.75, 3.05) is 32.5 Å². The third-order valence-corrected chi connectivity index (χ3v) is 4.85. The molecule has 2 rings (SSSR count). The largest absolute Gasteiger partial charge is 0.495 e. The van der Waals surface area contributed by atoms with Crippen LogP contribution in [-0.2, 0) is 10.0 Å². The molecule has 0 saturated carbocycles. The maximum Gasteiger partial charge on any atom is 0.243 e. The van der Waals surface area contributed by atoms with E-state index in [-0.39, 0.29) is 17.4 Å². The van der Waals surface area contributed by atoms with E-state index in [1.54, 1.807) is 0 Å². The molecule has 1 aliphatic rings. The van der Waals surface area contributed by atoms with E-state index >= 15 is 0 Å². The zero-order chi connectivity index (χ0) is 13.3. The number of hydrogen-bond donors (Lipinski definition) is 2. The lowest BCUT2D eigenvalue weighted by molar-refractivity contribution is 0.117. The second-order valence-electron chi connectivity index (χ2n) is 4.27. The van der Waals surface area contributed by atoms with Crippen molar-refractivity contribution in [1.82, 2.24) is 4.31 Å². The molecule has 1 aromatic carbocycles. The van der Waals surface area contributed by atoms with Crippen LogP contribution < -0.4 is 10.5 Å². The Morgan fingerprint density at radius 2 is 2.17 bits per heavy atom. The summed E-state index contributed by atoms with van der Waals surface area (Å²) >= 11 is 0.